The van der Waals surface area contributed by atoms with Crippen LogP contribution in [0.5, 0.6) is 0 Å². The van der Waals surface area contributed by atoms with Gasteiger partial charge in [0.05, 0.1) is 0 Å². The van der Waals surface area contributed by atoms with E-state index in [4.69, 9.17) is 0 Å². The molecule has 3 aromatic rings. The van der Waals surface area contributed by atoms with Gasteiger partial charge in [-0.3, -0.25) is 4.79 Å². The highest BCUT2D eigenvalue weighted by atomic mass is 16.2. The van der Waals surface area contributed by atoms with Crippen LogP contribution in [-0.2, 0) is 4.79 Å². The fourth-order valence-electron chi connectivity index (χ4n) is 3.93. The van der Waals surface area contributed by atoms with E-state index in [1.807, 2.05) is 43.3 Å². The number of aromatic nitrogens is 3. The summed E-state index contributed by atoms with van der Waals surface area (Å²) in [5.74, 6) is 2.10. The normalized spacial score (nSPS) is 19.2. The number of amides is 1. The molecule has 154 valence electrons. The van der Waals surface area contributed by atoms with E-state index in [1.165, 1.54) is 0 Å². The minimum atomic E-state index is -0.248. The summed E-state index contributed by atoms with van der Waals surface area (Å²) in [4.78, 5) is 28.7. The third kappa shape index (κ3) is 4.48. The highest BCUT2D eigenvalue weighted by Gasteiger charge is 2.30. The molecular weight excluding hydrogens is 374 g/mol. The number of pyridine rings is 1. The third-order valence-corrected chi connectivity index (χ3v) is 5.73. The smallest absolute Gasteiger partial charge is 0.247 e. The van der Waals surface area contributed by atoms with Crippen LogP contribution in [0.25, 0.3) is 11.4 Å². The van der Waals surface area contributed by atoms with E-state index in [2.05, 4.69) is 32.1 Å². The molecule has 4 rings (SSSR count). The second-order valence-electron chi connectivity index (χ2n) is 7.96. The maximum absolute atomic E-state index is 13.3. The van der Waals surface area contributed by atoms with Gasteiger partial charge in [-0.1, -0.05) is 19.1 Å². The van der Waals surface area contributed by atoms with E-state index in [1.54, 1.807) is 24.7 Å². The number of rotatable bonds is 4. The van der Waals surface area contributed by atoms with Gasteiger partial charge in [0.25, 0.3) is 0 Å². The molecule has 1 amide bonds. The zero-order chi connectivity index (χ0) is 20.9. The summed E-state index contributed by atoms with van der Waals surface area (Å²) in [5.41, 5.74) is 2.74. The Balaban J connectivity index is 1.58. The van der Waals surface area contributed by atoms with Crippen molar-refractivity contribution in [1.82, 2.24) is 15.0 Å². The quantitative estimate of drug-likeness (QED) is 0.698. The van der Waals surface area contributed by atoms with Crippen LogP contribution in [0.3, 0.4) is 0 Å². The minimum Gasteiger partial charge on any atom is -0.345 e. The van der Waals surface area contributed by atoms with Gasteiger partial charge in [0.1, 0.15) is 11.9 Å². The summed E-state index contributed by atoms with van der Waals surface area (Å²) in [6, 6.07) is 13.3. The van der Waals surface area contributed by atoms with Crippen molar-refractivity contribution in [2.45, 2.75) is 39.2 Å². The Morgan fingerprint density at radius 1 is 1.00 bits per heavy atom. The molecule has 0 aliphatic carbocycles. The second-order valence-corrected chi connectivity index (χ2v) is 7.96. The summed E-state index contributed by atoms with van der Waals surface area (Å²) >= 11 is 0. The van der Waals surface area contributed by atoms with Crippen LogP contribution >= 0.6 is 0 Å². The Bertz CT molecular complexity index is 993. The lowest BCUT2D eigenvalue weighted by atomic mass is 10.0. The molecule has 1 unspecified atom stereocenters. The van der Waals surface area contributed by atoms with Gasteiger partial charge in [0, 0.05) is 36.4 Å². The molecule has 1 saturated heterocycles. The number of carbonyl (C=O) groups is 1. The van der Waals surface area contributed by atoms with Crippen molar-refractivity contribution in [3.63, 3.8) is 0 Å². The fourth-order valence-corrected chi connectivity index (χ4v) is 3.93. The van der Waals surface area contributed by atoms with E-state index in [0.717, 1.165) is 48.4 Å². The number of carbonyl (C=O) groups excluding carboxylic acids is 1. The Morgan fingerprint density at radius 3 is 2.57 bits per heavy atom. The molecule has 3 heterocycles. The predicted octanol–water partition coefficient (Wildman–Crippen LogP) is 4.48. The lowest BCUT2D eigenvalue weighted by Gasteiger charge is -2.30. The number of hydrogen-bond donors (Lipinski definition) is 1. The average Bonchev–Trinajstić information content (AvgIpc) is 2.98. The van der Waals surface area contributed by atoms with E-state index in [-0.39, 0.29) is 11.9 Å². The Hall–Kier alpha value is -3.28. The van der Waals surface area contributed by atoms with Gasteiger partial charge < -0.3 is 10.2 Å². The second kappa shape index (κ2) is 9.03. The summed E-state index contributed by atoms with van der Waals surface area (Å²) in [7, 11) is 0. The van der Waals surface area contributed by atoms with Gasteiger partial charge in [0.2, 0.25) is 5.91 Å². The SMILES string of the molecule is Cc1ccc(NC(=O)C2CC[C@H](C)CCN2c2ccccn2)cc1-c1ncccn1. The Labute approximate surface area is 177 Å². The van der Waals surface area contributed by atoms with Crippen LogP contribution in [0.4, 0.5) is 11.5 Å². The number of hydrogen-bond acceptors (Lipinski definition) is 5. The highest BCUT2D eigenvalue weighted by Crippen LogP contribution is 2.28. The Kier molecular flexibility index (Phi) is 6.02. The van der Waals surface area contributed by atoms with Crippen LogP contribution in [0, 0.1) is 12.8 Å². The van der Waals surface area contributed by atoms with Crippen molar-refractivity contribution in [3.8, 4) is 11.4 Å². The standard InChI is InChI=1S/C24H27N5O/c1-17-7-10-21(29(15-11-17)22-6-3-4-12-25-22)24(30)28-19-9-8-18(2)20(16-19)23-26-13-5-14-27-23/h3-6,8-9,12-14,16-17,21H,7,10-11,15H2,1-2H3,(H,28,30)/t17-,21?/m0/s1. The van der Waals surface area contributed by atoms with Crippen molar-refractivity contribution in [2.75, 3.05) is 16.8 Å². The van der Waals surface area contributed by atoms with Crippen LogP contribution in [0.2, 0.25) is 0 Å². The lowest BCUT2D eigenvalue weighted by Crippen LogP contribution is -2.44. The number of benzene rings is 1. The molecule has 0 bridgehead atoms. The van der Waals surface area contributed by atoms with Gasteiger partial charge in [0.15, 0.2) is 5.82 Å². The molecule has 0 spiro atoms. The minimum absolute atomic E-state index is 0.00136. The van der Waals surface area contributed by atoms with Crippen molar-refractivity contribution < 1.29 is 4.79 Å². The number of nitrogens with zero attached hydrogens (tertiary/aromatic N) is 4. The van der Waals surface area contributed by atoms with Gasteiger partial charge in [-0.25, -0.2) is 15.0 Å². The molecule has 6 nitrogen and oxygen atoms in total. The topological polar surface area (TPSA) is 71.0 Å². The van der Waals surface area contributed by atoms with Gasteiger partial charge >= 0.3 is 0 Å². The van der Waals surface area contributed by atoms with E-state index >= 15 is 0 Å². The molecule has 30 heavy (non-hydrogen) atoms. The fraction of sp³-hybridized carbons (Fsp3) is 0.333. The lowest BCUT2D eigenvalue weighted by molar-refractivity contribution is -0.117. The monoisotopic (exact) mass is 401 g/mol. The molecule has 1 aliphatic heterocycles. The molecule has 1 fully saturated rings. The zero-order valence-corrected chi connectivity index (χ0v) is 17.5. The van der Waals surface area contributed by atoms with Crippen LogP contribution in [0.1, 0.15) is 31.7 Å². The van der Waals surface area contributed by atoms with Crippen molar-refractivity contribution in [2.24, 2.45) is 5.92 Å². The molecule has 2 aromatic heterocycles. The van der Waals surface area contributed by atoms with Crippen LogP contribution in [-0.4, -0.2) is 33.4 Å². The first-order chi connectivity index (χ1) is 14.6. The number of aryl methyl sites for hydroxylation is 1. The van der Waals surface area contributed by atoms with E-state index < -0.39 is 0 Å². The van der Waals surface area contributed by atoms with Gasteiger partial charge in [-0.05, 0) is 68.0 Å². The largest absolute Gasteiger partial charge is 0.345 e. The third-order valence-electron chi connectivity index (χ3n) is 5.73. The molecule has 0 radical (unpaired) electrons. The van der Waals surface area contributed by atoms with E-state index in [9.17, 15) is 4.79 Å². The van der Waals surface area contributed by atoms with Crippen molar-refractivity contribution >= 4 is 17.4 Å². The highest BCUT2D eigenvalue weighted by molar-refractivity contribution is 5.97. The molecular formula is C24H27N5O. The first-order valence-corrected chi connectivity index (χ1v) is 10.5. The molecule has 2 atom stereocenters. The first kappa shape index (κ1) is 20.0. The molecule has 1 N–H and O–H groups in total. The van der Waals surface area contributed by atoms with Crippen LogP contribution in [0.15, 0.2) is 61.1 Å². The molecule has 6 heteroatoms. The summed E-state index contributed by atoms with van der Waals surface area (Å²) in [6.45, 7) is 5.10. The summed E-state index contributed by atoms with van der Waals surface area (Å²) in [5, 5.41) is 3.13. The Morgan fingerprint density at radius 2 is 1.80 bits per heavy atom. The summed E-state index contributed by atoms with van der Waals surface area (Å²) in [6.07, 6.45) is 8.13. The zero-order valence-electron chi connectivity index (χ0n) is 17.5. The number of anilines is 2. The van der Waals surface area contributed by atoms with Gasteiger partial charge in [-0.15, -0.1) is 0 Å². The van der Waals surface area contributed by atoms with Crippen molar-refractivity contribution in [1.29, 1.82) is 0 Å². The maximum Gasteiger partial charge on any atom is 0.247 e. The molecule has 1 aliphatic rings. The maximum atomic E-state index is 13.3. The molecule has 0 saturated carbocycles. The van der Waals surface area contributed by atoms with E-state index in [0.29, 0.717) is 11.7 Å². The molecule has 1 aromatic carbocycles. The first-order valence-electron chi connectivity index (χ1n) is 10.5. The van der Waals surface area contributed by atoms with Gasteiger partial charge in [-0.2, -0.15) is 0 Å². The summed E-state index contributed by atoms with van der Waals surface area (Å²) < 4.78 is 0. The van der Waals surface area contributed by atoms with Crippen LogP contribution < -0.4 is 10.2 Å². The predicted molar refractivity (Wildman–Crippen MR) is 119 cm³/mol. The number of nitrogens with one attached hydrogen (secondary N) is 1. The van der Waals surface area contributed by atoms with Crippen molar-refractivity contribution in [3.05, 3.63) is 66.6 Å². The average molecular weight is 402 g/mol.